The van der Waals surface area contributed by atoms with Crippen LogP contribution < -0.4 is 11.1 Å². The van der Waals surface area contributed by atoms with E-state index >= 15 is 0 Å². The van der Waals surface area contributed by atoms with Crippen LogP contribution in [0.4, 0.5) is 4.79 Å². The van der Waals surface area contributed by atoms with Crippen molar-refractivity contribution in [2.75, 3.05) is 19.6 Å². The summed E-state index contributed by atoms with van der Waals surface area (Å²) < 4.78 is 0. The van der Waals surface area contributed by atoms with Gasteiger partial charge in [-0.15, -0.1) is 0 Å². The van der Waals surface area contributed by atoms with Gasteiger partial charge in [0.05, 0.1) is 0 Å². The number of hydrogen-bond donors (Lipinski definition) is 2. The number of nitrogens with two attached hydrogens (primary N) is 1. The maximum Gasteiger partial charge on any atom is 0.325 e. The third-order valence-electron chi connectivity index (χ3n) is 5.06. The second kappa shape index (κ2) is 5.87. The first kappa shape index (κ1) is 15.3. The minimum atomic E-state index is -0.687. The Bertz CT molecular complexity index is 487. The van der Waals surface area contributed by atoms with Crippen LogP contribution in [0.25, 0.3) is 0 Å². The van der Waals surface area contributed by atoms with E-state index in [2.05, 4.69) is 5.32 Å². The normalized spacial score (nSPS) is 27.6. The van der Waals surface area contributed by atoms with E-state index in [0.29, 0.717) is 19.4 Å². The minimum Gasteiger partial charge on any atom is -0.341 e. The number of hydrogen-bond acceptors (Lipinski definition) is 4. The van der Waals surface area contributed by atoms with Crippen LogP contribution in [0.15, 0.2) is 0 Å². The van der Waals surface area contributed by atoms with E-state index in [1.165, 1.54) is 4.90 Å². The number of carbonyl (C=O) groups is 3. The quantitative estimate of drug-likeness (QED) is 0.728. The fraction of sp³-hybridized carbons (Fsp3) is 0.800. The molecule has 3 N–H and O–H groups in total. The molecule has 1 unspecified atom stereocenters. The summed E-state index contributed by atoms with van der Waals surface area (Å²) in [5, 5.41) is 2.83. The van der Waals surface area contributed by atoms with Gasteiger partial charge in [-0.05, 0) is 25.7 Å². The maximum absolute atomic E-state index is 12.5. The minimum absolute atomic E-state index is 0.0249. The van der Waals surface area contributed by atoms with Gasteiger partial charge < -0.3 is 16.0 Å². The molecule has 2 saturated heterocycles. The Hall–Kier alpha value is -1.63. The van der Waals surface area contributed by atoms with E-state index in [-0.39, 0.29) is 36.9 Å². The van der Waals surface area contributed by atoms with Crippen LogP contribution in [0.1, 0.15) is 44.9 Å². The monoisotopic (exact) mass is 308 g/mol. The fourth-order valence-corrected chi connectivity index (χ4v) is 3.80. The van der Waals surface area contributed by atoms with Crippen molar-refractivity contribution in [3.05, 3.63) is 0 Å². The zero-order valence-corrected chi connectivity index (χ0v) is 12.8. The lowest BCUT2D eigenvalue weighted by molar-refractivity contribution is -0.134. The Labute approximate surface area is 130 Å². The van der Waals surface area contributed by atoms with Crippen LogP contribution in [-0.2, 0) is 9.59 Å². The van der Waals surface area contributed by atoms with Gasteiger partial charge in [0.1, 0.15) is 5.54 Å². The number of likely N-dealkylation sites (tertiary alicyclic amines) is 1. The fourth-order valence-electron chi connectivity index (χ4n) is 3.80. The lowest BCUT2D eigenvalue weighted by Crippen LogP contribution is -2.47. The zero-order valence-electron chi connectivity index (χ0n) is 12.8. The average molecular weight is 308 g/mol. The zero-order chi connectivity index (χ0) is 15.7. The first-order chi connectivity index (χ1) is 10.5. The Morgan fingerprint density at radius 2 is 2.00 bits per heavy atom. The van der Waals surface area contributed by atoms with Crippen LogP contribution in [0.3, 0.4) is 0 Å². The summed E-state index contributed by atoms with van der Waals surface area (Å²) in [6.45, 7) is 1.45. The number of piperidine rings is 1. The van der Waals surface area contributed by atoms with E-state index in [9.17, 15) is 14.4 Å². The van der Waals surface area contributed by atoms with E-state index < -0.39 is 5.54 Å². The highest BCUT2D eigenvalue weighted by Gasteiger charge is 2.52. The number of nitrogens with zero attached hydrogens (tertiary/aromatic N) is 2. The van der Waals surface area contributed by atoms with Gasteiger partial charge in [-0.2, -0.15) is 0 Å². The summed E-state index contributed by atoms with van der Waals surface area (Å²) in [5.41, 5.74) is 5.19. The van der Waals surface area contributed by atoms with Crippen molar-refractivity contribution in [2.45, 2.75) is 56.5 Å². The second-order valence-electron chi connectivity index (χ2n) is 6.67. The van der Waals surface area contributed by atoms with Gasteiger partial charge in [0.25, 0.3) is 5.91 Å². The molecule has 1 saturated carbocycles. The van der Waals surface area contributed by atoms with E-state index in [0.717, 1.165) is 32.2 Å². The summed E-state index contributed by atoms with van der Waals surface area (Å²) in [6.07, 6.45) is 5.39. The largest absolute Gasteiger partial charge is 0.341 e. The molecular weight excluding hydrogens is 284 g/mol. The van der Waals surface area contributed by atoms with Crippen molar-refractivity contribution in [1.29, 1.82) is 0 Å². The Morgan fingerprint density at radius 1 is 1.27 bits per heavy atom. The molecule has 3 fully saturated rings. The first-order valence-electron chi connectivity index (χ1n) is 8.19. The molecule has 122 valence electrons. The summed E-state index contributed by atoms with van der Waals surface area (Å²) in [5.74, 6) is -0.179. The van der Waals surface area contributed by atoms with Gasteiger partial charge in [-0.1, -0.05) is 12.8 Å². The van der Waals surface area contributed by atoms with Crippen molar-refractivity contribution in [1.82, 2.24) is 15.1 Å². The van der Waals surface area contributed by atoms with E-state index in [1.807, 2.05) is 0 Å². The summed E-state index contributed by atoms with van der Waals surface area (Å²) >= 11 is 0. The highest BCUT2D eigenvalue weighted by molar-refractivity contribution is 6.07. The standard InChI is InChI=1S/C15H24N4O3/c16-11-4-3-8-18(10-11)12(20)5-9-19-13(21)15(17-14(19)22)6-1-2-7-15/h11H,1-10,16H2,(H,17,22). The van der Waals surface area contributed by atoms with Crippen molar-refractivity contribution in [2.24, 2.45) is 5.73 Å². The Balaban J connectivity index is 1.56. The topological polar surface area (TPSA) is 95.7 Å². The highest BCUT2D eigenvalue weighted by atomic mass is 16.2. The SMILES string of the molecule is NC1CCCN(C(=O)CCN2C(=O)NC3(CCCC3)C2=O)C1. The molecule has 2 aliphatic heterocycles. The molecule has 1 aliphatic carbocycles. The number of nitrogens with one attached hydrogen (secondary N) is 1. The second-order valence-corrected chi connectivity index (χ2v) is 6.67. The summed E-state index contributed by atoms with van der Waals surface area (Å²) in [4.78, 5) is 39.7. The van der Waals surface area contributed by atoms with Crippen LogP contribution in [-0.4, -0.2) is 58.9 Å². The number of urea groups is 1. The molecule has 0 aromatic heterocycles. The van der Waals surface area contributed by atoms with Crippen LogP contribution in [0, 0.1) is 0 Å². The molecule has 7 heteroatoms. The molecule has 0 radical (unpaired) electrons. The van der Waals surface area contributed by atoms with Crippen molar-refractivity contribution >= 4 is 17.8 Å². The van der Waals surface area contributed by atoms with Gasteiger partial charge in [0, 0.05) is 32.1 Å². The smallest absolute Gasteiger partial charge is 0.325 e. The van der Waals surface area contributed by atoms with Crippen LogP contribution in [0.5, 0.6) is 0 Å². The number of rotatable bonds is 3. The summed E-state index contributed by atoms with van der Waals surface area (Å²) in [6, 6.07) is -0.314. The molecule has 4 amide bonds. The van der Waals surface area contributed by atoms with E-state index in [4.69, 9.17) is 5.73 Å². The molecule has 3 aliphatic rings. The number of amides is 4. The molecule has 0 aromatic rings. The average Bonchev–Trinajstić information content (AvgIpc) is 3.04. The third kappa shape index (κ3) is 2.69. The molecule has 1 spiro atoms. The molecular formula is C15H24N4O3. The van der Waals surface area contributed by atoms with Gasteiger partial charge in [0.2, 0.25) is 5.91 Å². The highest BCUT2D eigenvalue weighted by Crippen LogP contribution is 2.35. The lowest BCUT2D eigenvalue weighted by Gasteiger charge is -2.31. The Morgan fingerprint density at radius 3 is 2.68 bits per heavy atom. The van der Waals surface area contributed by atoms with E-state index in [1.54, 1.807) is 4.90 Å². The van der Waals surface area contributed by atoms with Crippen LogP contribution >= 0.6 is 0 Å². The Kier molecular flexibility index (Phi) is 4.08. The third-order valence-corrected chi connectivity index (χ3v) is 5.06. The molecule has 7 nitrogen and oxygen atoms in total. The van der Waals surface area contributed by atoms with Crippen molar-refractivity contribution in [3.8, 4) is 0 Å². The summed E-state index contributed by atoms with van der Waals surface area (Å²) in [7, 11) is 0. The molecule has 0 aromatic carbocycles. The molecule has 3 rings (SSSR count). The van der Waals surface area contributed by atoms with Gasteiger partial charge in [0.15, 0.2) is 0 Å². The molecule has 0 bridgehead atoms. The predicted octanol–water partition coefficient (Wildman–Crippen LogP) is 0.191. The number of carbonyl (C=O) groups excluding carboxylic acids is 3. The van der Waals surface area contributed by atoms with Crippen LogP contribution in [0.2, 0.25) is 0 Å². The van der Waals surface area contributed by atoms with Crippen molar-refractivity contribution in [3.63, 3.8) is 0 Å². The van der Waals surface area contributed by atoms with Gasteiger partial charge in [-0.25, -0.2) is 4.79 Å². The lowest BCUT2D eigenvalue weighted by atomic mass is 9.98. The molecule has 2 heterocycles. The van der Waals surface area contributed by atoms with Gasteiger partial charge in [-0.3, -0.25) is 14.5 Å². The predicted molar refractivity (Wildman–Crippen MR) is 79.9 cm³/mol. The maximum atomic E-state index is 12.5. The molecule has 1 atom stereocenters. The molecule has 22 heavy (non-hydrogen) atoms. The first-order valence-corrected chi connectivity index (χ1v) is 8.19. The van der Waals surface area contributed by atoms with Crippen molar-refractivity contribution < 1.29 is 14.4 Å². The number of imide groups is 1. The van der Waals surface area contributed by atoms with Gasteiger partial charge >= 0.3 is 6.03 Å².